The van der Waals surface area contributed by atoms with Gasteiger partial charge in [-0.15, -0.1) is 11.3 Å². The summed E-state index contributed by atoms with van der Waals surface area (Å²) in [7, 11) is 0. The van der Waals surface area contributed by atoms with Gasteiger partial charge < -0.3 is 0 Å². The van der Waals surface area contributed by atoms with Crippen LogP contribution in [0.1, 0.15) is 45.6 Å². The minimum Gasteiger partial charge on any atom is -0.258 e. The average molecular weight is 266 g/mol. The molecule has 98 valence electrons. The van der Waals surface area contributed by atoms with Crippen LogP contribution in [0.3, 0.4) is 0 Å². The number of nitro groups is 1. The Kier molecular flexibility index (Phi) is 5.22. The van der Waals surface area contributed by atoms with E-state index in [1.807, 2.05) is 39.1 Å². The van der Waals surface area contributed by atoms with E-state index in [9.17, 15) is 10.1 Å². The molecule has 2 heterocycles. The molecule has 0 aliphatic rings. The first-order chi connectivity index (χ1) is 8.65. The fourth-order valence-corrected chi connectivity index (χ4v) is 2.55. The number of thiophene rings is 1. The highest BCUT2D eigenvalue weighted by molar-refractivity contribution is 7.16. The van der Waals surface area contributed by atoms with E-state index in [1.165, 1.54) is 17.5 Å². The van der Waals surface area contributed by atoms with E-state index in [0.717, 1.165) is 22.2 Å². The molecule has 0 fully saturated rings. The number of hydrogen-bond donors (Lipinski definition) is 0. The number of aromatic nitrogens is 1. The summed E-state index contributed by atoms with van der Waals surface area (Å²) in [4.78, 5) is 15.6. The zero-order valence-corrected chi connectivity index (χ0v) is 12.0. The van der Waals surface area contributed by atoms with Gasteiger partial charge in [-0.05, 0) is 23.8 Å². The van der Waals surface area contributed by atoms with Crippen LogP contribution in [0.5, 0.6) is 0 Å². The molecule has 1 atom stereocenters. The lowest BCUT2D eigenvalue weighted by molar-refractivity contribution is -0.385. The lowest BCUT2D eigenvalue weighted by atomic mass is 9.95. The van der Waals surface area contributed by atoms with Crippen LogP contribution in [-0.2, 0) is 0 Å². The summed E-state index contributed by atoms with van der Waals surface area (Å²) in [5, 5.41) is 13.8. The standard InChI is InChI=1S/C11H12N2O2S.C2H6/c1-3-7(2)10-8-4-5-16-11(8)12-6-9(10)13(14)15;1-2/h4-7H,3H2,1-2H3;1-2H3. The first-order valence-electron chi connectivity index (χ1n) is 6.15. The van der Waals surface area contributed by atoms with Crippen LogP contribution >= 0.6 is 11.3 Å². The van der Waals surface area contributed by atoms with Crippen LogP contribution in [0.4, 0.5) is 5.69 Å². The summed E-state index contributed by atoms with van der Waals surface area (Å²) in [6, 6.07) is 1.92. The van der Waals surface area contributed by atoms with Gasteiger partial charge in [-0.25, -0.2) is 4.98 Å². The first kappa shape index (κ1) is 14.6. The molecule has 2 aromatic heterocycles. The van der Waals surface area contributed by atoms with Crippen LogP contribution in [0.15, 0.2) is 17.6 Å². The fraction of sp³-hybridized carbons (Fsp3) is 0.462. The van der Waals surface area contributed by atoms with Crippen molar-refractivity contribution in [2.75, 3.05) is 0 Å². The molecule has 2 rings (SSSR count). The molecule has 0 radical (unpaired) electrons. The highest BCUT2D eigenvalue weighted by atomic mass is 32.1. The van der Waals surface area contributed by atoms with Crippen molar-refractivity contribution in [1.82, 2.24) is 4.98 Å². The van der Waals surface area contributed by atoms with E-state index >= 15 is 0 Å². The molecule has 2 aromatic rings. The molecule has 0 amide bonds. The van der Waals surface area contributed by atoms with Gasteiger partial charge in [0.25, 0.3) is 5.69 Å². The lowest BCUT2D eigenvalue weighted by Crippen LogP contribution is -2.00. The second-order valence-electron chi connectivity index (χ2n) is 3.76. The Hall–Kier alpha value is -1.49. The monoisotopic (exact) mass is 266 g/mol. The van der Waals surface area contributed by atoms with Gasteiger partial charge in [0.15, 0.2) is 0 Å². The molecule has 0 saturated carbocycles. The molecule has 1 unspecified atom stereocenters. The fourth-order valence-electron chi connectivity index (χ4n) is 1.80. The first-order valence-corrected chi connectivity index (χ1v) is 7.03. The van der Waals surface area contributed by atoms with Gasteiger partial charge in [0.2, 0.25) is 0 Å². The van der Waals surface area contributed by atoms with Crippen molar-refractivity contribution < 1.29 is 4.92 Å². The van der Waals surface area contributed by atoms with Gasteiger partial charge in [0.05, 0.1) is 4.92 Å². The molecule has 0 aromatic carbocycles. The summed E-state index contributed by atoms with van der Waals surface area (Å²) >= 11 is 1.52. The Balaban J connectivity index is 0.000000771. The predicted molar refractivity (Wildman–Crippen MR) is 76.3 cm³/mol. The quantitative estimate of drug-likeness (QED) is 0.595. The Morgan fingerprint density at radius 2 is 2.17 bits per heavy atom. The van der Waals surface area contributed by atoms with Crippen LogP contribution in [0, 0.1) is 10.1 Å². The lowest BCUT2D eigenvalue weighted by Gasteiger charge is -2.10. The van der Waals surface area contributed by atoms with Crippen molar-refractivity contribution in [2.45, 2.75) is 40.0 Å². The van der Waals surface area contributed by atoms with E-state index in [4.69, 9.17) is 0 Å². The van der Waals surface area contributed by atoms with E-state index in [1.54, 1.807) is 0 Å². The Bertz CT molecular complexity index is 537. The summed E-state index contributed by atoms with van der Waals surface area (Å²) in [5.41, 5.74) is 0.957. The van der Waals surface area contributed by atoms with Gasteiger partial charge in [0.1, 0.15) is 11.0 Å². The number of pyridine rings is 1. The normalized spacial score (nSPS) is 11.8. The van der Waals surface area contributed by atoms with Crippen LogP contribution in [0.2, 0.25) is 0 Å². The third kappa shape index (κ3) is 2.67. The van der Waals surface area contributed by atoms with Crippen molar-refractivity contribution >= 4 is 27.2 Å². The Morgan fingerprint density at radius 1 is 1.50 bits per heavy atom. The molecule has 0 saturated heterocycles. The average Bonchev–Trinajstić information content (AvgIpc) is 2.87. The van der Waals surface area contributed by atoms with Crippen molar-refractivity contribution in [3.8, 4) is 0 Å². The Labute approximate surface area is 111 Å². The zero-order chi connectivity index (χ0) is 13.7. The number of rotatable bonds is 3. The maximum atomic E-state index is 11.0. The molecule has 0 spiro atoms. The topological polar surface area (TPSA) is 56.0 Å². The Morgan fingerprint density at radius 3 is 2.72 bits per heavy atom. The minimum absolute atomic E-state index is 0.139. The molecule has 0 aliphatic heterocycles. The number of hydrogen-bond acceptors (Lipinski definition) is 4. The maximum absolute atomic E-state index is 11.0. The molecule has 5 heteroatoms. The minimum atomic E-state index is -0.342. The number of fused-ring (bicyclic) bond motifs is 1. The van der Waals surface area contributed by atoms with Crippen molar-refractivity contribution in [1.29, 1.82) is 0 Å². The smallest absolute Gasteiger partial charge is 0.258 e. The van der Waals surface area contributed by atoms with Gasteiger partial charge in [-0.2, -0.15) is 0 Å². The zero-order valence-electron chi connectivity index (χ0n) is 11.1. The van der Waals surface area contributed by atoms with Crippen LogP contribution in [-0.4, -0.2) is 9.91 Å². The summed E-state index contributed by atoms with van der Waals surface area (Å²) in [5.74, 6) is 0.181. The molecule has 0 aliphatic carbocycles. The molecule has 18 heavy (non-hydrogen) atoms. The van der Waals surface area contributed by atoms with E-state index in [-0.39, 0.29) is 16.5 Å². The highest BCUT2D eigenvalue weighted by Crippen LogP contribution is 2.35. The molecular weight excluding hydrogens is 248 g/mol. The third-order valence-corrected chi connectivity index (χ3v) is 3.64. The second-order valence-corrected chi connectivity index (χ2v) is 4.66. The van der Waals surface area contributed by atoms with Crippen molar-refractivity contribution in [2.24, 2.45) is 0 Å². The SMILES string of the molecule is CC.CCC(C)c1c([N+](=O)[O-])cnc2sccc12. The van der Waals surface area contributed by atoms with Gasteiger partial charge in [-0.3, -0.25) is 10.1 Å². The van der Waals surface area contributed by atoms with Gasteiger partial charge in [0, 0.05) is 10.9 Å². The summed E-state index contributed by atoms with van der Waals surface area (Å²) in [6.07, 6.45) is 2.26. The maximum Gasteiger partial charge on any atom is 0.291 e. The van der Waals surface area contributed by atoms with E-state index in [2.05, 4.69) is 4.98 Å². The summed E-state index contributed by atoms with van der Waals surface area (Å²) < 4.78 is 0. The largest absolute Gasteiger partial charge is 0.291 e. The van der Waals surface area contributed by atoms with E-state index in [0.29, 0.717) is 0 Å². The van der Waals surface area contributed by atoms with Crippen LogP contribution in [0.25, 0.3) is 10.2 Å². The van der Waals surface area contributed by atoms with Crippen LogP contribution < -0.4 is 0 Å². The van der Waals surface area contributed by atoms with Gasteiger partial charge in [-0.1, -0.05) is 27.7 Å². The number of nitrogens with zero attached hydrogens (tertiary/aromatic N) is 2. The second kappa shape index (κ2) is 6.44. The molecular formula is C13H18N2O2S. The van der Waals surface area contributed by atoms with E-state index < -0.39 is 0 Å². The van der Waals surface area contributed by atoms with Gasteiger partial charge >= 0.3 is 0 Å². The third-order valence-electron chi connectivity index (χ3n) is 2.82. The molecule has 0 N–H and O–H groups in total. The predicted octanol–water partition coefficient (Wildman–Crippen LogP) is 4.74. The molecule has 0 bridgehead atoms. The highest BCUT2D eigenvalue weighted by Gasteiger charge is 2.22. The van der Waals surface area contributed by atoms with Crippen molar-refractivity contribution in [3.63, 3.8) is 0 Å². The summed E-state index contributed by atoms with van der Waals surface area (Å²) in [6.45, 7) is 8.05. The molecule has 4 nitrogen and oxygen atoms in total. The van der Waals surface area contributed by atoms with Crippen molar-refractivity contribution in [3.05, 3.63) is 33.3 Å².